The van der Waals surface area contributed by atoms with Gasteiger partial charge in [0, 0.05) is 5.56 Å². The lowest BCUT2D eigenvalue weighted by Gasteiger charge is -2.04. The van der Waals surface area contributed by atoms with E-state index in [9.17, 15) is 0 Å². The minimum absolute atomic E-state index is 0.639. The van der Waals surface area contributed by atoms with E-state index in [1.54, 1.807) is 10.6 Å². The van der Waals surface area contributed by atoms with Gasteiger partial charge in [0.2, 0.25) is 0 Å². The average molecular weight is 220 g/mol. The van der Waals surface area contributed by atoms with Gasteiger partial charge in [-0.15, -0.1) is 0 Å². The maximum atomic E-state index is 8.90. The van der Waals surface area contributed by atoms with Crippen LogP contribution in [0.4, 0.5) is 0 Å². The summed E-state index contributed by atoms with van der Waals surface area (Å²) in [5.74, 6) is 0. The lowest BCUT2D eigenvalue weighted by atomic mass is 10.1. The summed E-state index contributed by atoms with van der Waals surface area (Å²) in [6.07, 6.45) is 1.52. The van der Waals surface area contributed by atoms with E-state index in [-0.39, 0.29) is 0 Å². The average Bonchev–Trinajstić information content (AvgIpc) is 2.87. The highest BCUT2D eigenvalue weighted by molar-refractivity contribution is 5.64. The van der Waals surface area contributed by atoms with Crippen molar-refractivity contribution in [2.75, 3.05) is 0 Å². The fourth-order valence-corrected chi connectivity index (χ4v) is 1.81. The van der Waals surface area contributed by atoms with Crippen LogP contribution in [0.2, 0.25) is 0 Å². The standard InChI is InChI=1S/C13H8N4/c14-8-10-3-1-4-11(7-10)12-5-2-6-13-15-9-16-17(12)13/h1-7,9H. The molecule has 0 aliphatic heterocycles. The predicted molar refractivity (Wildman–Crippen MR) is 63.1 cm³/mol. The van der Waals surface area contributed by atoms with Crippen molar-refractivity contribution in [3.05, 3.63) is 54.4 Å². The second-order valence-electron chi connectivity index (χ2n) is 3.63. The number of aromatic nitrogens is 3. The molecule has 0 saturated carbocycles. The quantitative estimate of drug-likeness (QED) is 0.632. The lowest BCUT2D eigenvalue weighted by Crippen LogP contribution is -1.93. The molecule has 0 amide bonds. The van der Waals surface area contributed by atoms with Crippen LogP contribution in [-0.4, -0.2) is 14.6 Å². The first-order valence-electron chi connectivity index (χ1n) is 5.18. The van der Waals surface area contributed by atoms with Crippen LogP contribution in [0.3, 0.4) is 0 Å². The zero-order valence-corrected chi connectivity index (χ0v) is 8.91. The molecule has 2 heterocycles. The summed E-state index contributed by atoms with van der Waals surface area (Å²) < 4.78 is 1.76. The minimum Gasteiger partial charge on any atom is -0.215 e. The first-order chi connectivity index (χ1) is 8.38. The molecule has 80 valence electrons. The van der Waals surface area contributed by atoms with Crippen molar-refractivity contribution in [1.82, 2.24) is 14.6 Å². The van der Waals surface area contributed by atoms with Gasteiger partial charge < -0.3 is 0 Å². The molecule has 4 nitrogen and oxygen atoms in total. The summed E-state index contributed by atoms with van der Waals surface area (Å²) in [4.78, 5) is 4.13. The van der Waals surface area contributed by atoms with E-state index in [0.717, 1.165) is 16.9 Å². The molecule has 0 aliphatic carbocycles. The second-order valence-corrected chi connectivity index (χ2v) is 3.63. The van der Waals surface area contributed by atoms with Gasteiger partial charge in [-0.2, -0.15) is 10.4 Å². The van der Waals surface area contributed by atoms with Crippen LogP contribution in [0.15, 0.2) is 48.8 Å². The van der Waals surface area contributed by atoms with E-state index in [2.05, 4.69) is 16.2 Å². The molecule has 1 aromatic carbocycles. The Morgan fingerprint density at radius 2 is 2.00 bits per heavy atom. The van der Waals surface area contributed by atoms with Gasteiger partial charge in [-0.1, -0.05) is 18.2 Å². The van der Waals surface area contributed by atoms with E-state index >= 15 is 0 Å². The Hall–Kier alpha value is -2.67. The Morgan fingerprint density at radius 3 is 2.88 bits per heavy atom. The molecule has 0 saturated heterocycles. The number of nitriles is 1. The van der Waals surface area contributed by atoms with Gasteiger partial charge in [-0.25, -0.2) is 9.50 Å². The molecule has 0 aliphatic rings. The first-order valence-corrected chi connectivity index (χ1v) is 5.18. The summed E-state index contributed by atoms with van der Waals surface area (Å²) in [7, 11) is 0. The molecule has 3 aromatic rings. The monoisotopic (exact) mass is 220 g/mol. The highest BCUT2D eigenvalue weighted by Crippen LogP contribution is 2.20. The van der Waals surface area contributed by atoms with Crippen LogP contribution >= 0.6 is 0 Å². The first kappa shape index (κ1) is 9.55. The van der Waals surface area contributed by atoms with Crippen molar-refractivity contribution in [3.63, 3.8) is 0 Å². The molecule has 3 rings (SSSR count). The Labute approximate surface area is 97.8 Å². The second kappa shape index (κ2) is 3.72. The summed E-state index contributed by atoms with van der Waals surface area (Å²) in [6.45, 7) is 0. The molecular weight excluding hydrogens is 212 g/mol. The summed E-state index contributed by atoms with van der Waals surface area (Å²) in [5.41, 5.74) is 3.32. The van der Waals surface area contributed by atoms with Crippen molar-refractivity contribution < 1.29 is 0 Å². The van der Waals surface area contributed by atoms with E-state index in [0.29, 0.717) is 5.56 Å². The van der Waals surface area contributed by atoms with Crippen molar-refractivity contribution in [3.8, 4) is 17.3 Å². The Bertz CT molecular complexity index is 721. The van der Waals surface area contributed by atoms with Crippen molar-refractivity contribution in [2.45, 2.75) is 0 Å². The summed E-state index contributed by atoms with van der Waals surface area (Å²) in [6, 6.07) is 15.4. The number of nitrogens with zero attached hydrogens (tertiary/aromatic N) is 4. The van der Waals surface area contributed by atoms with Gasteiger partial charge in [-0.05, 0) is 24.3 Å². The van der Waals surface area contributed by atoms with Crippen molar-refractivity contribution >= 4 is 5.65 Å². The molecular formula is C13H8N4. The van der Waals surface area contributed by atoms with Crippen LogP contribution in [0.1, 0.15) is 5.56 Å². The van der Waals surface area contributed by atoms with Gasteiger partial charge in [0.25, 0.3) is 0 Å². The normalized spacial score (nSPS) is 10.3. The third-order valence-corrected chi connectivity index (χ3v) is 2.59. The smallest absolute Gasteiger partial charge is 0.155 e. The fourth-order valence-electron chi connectivity index (χ4n) is 1.81. The molecule has 0 atom stereocenters. The number of pyridine rings is 1. The molecule has 2 aromatic heterocycles. The zero-order valence-electron chi connectivity index (χ0n) is 8.91. The highest BCUT2D eigenvalue weighted by Gasteiger charge is 2.04. The van der Waals surface area contributed by atoms with Gasteiger partial charge in [-0.3, -0.25) is 0 Å². The molecule has 0 unspecified atom stereocenters. The molecule has 17 heavy (non-hydrogen) atoms. The maximum absolute atomic E-state index is 8.90. The van der Waals surface area contributed by atoms with E-state index < -0.39 is 0 Å². The van der Waals surface area contributed by atoms with Crippen LogP contribution in [0.25, 0.3) is 16.9 Å². The molecule has 0 radical (unpaired) electrons. The maximum Gasteiger partial charge on any atom is 0.155 e. The van der Waals surface area contributed by atoms with Crippen LogP contribution < -0.4 is 0 Å². The van der Waals surface area contributed by atoms with Crippen LogP contribution in [0.5, 0.6) is 0 Å². The Kier molecular flexibility index (Phi) is 2.09. The third kappa shape index (κ3) is 1.54. The number of hydrogen-bond donors (Lipinski definition) is 0. The lowest BCUT2D eigenvalue weighted by molar-refractivity contribution is 0.969. The van der Waals surface area contributed by atoms with Crippen LogP contribution in [-0.2, 0) is 0 Å². The van der Waals surface area contributed by atoms with Gasteiger partial charge >= 0.3 is 0 Å². The number of fused-ring (bicyclic) bond motifs is 1. The topological polar surface area (TPSA) is 54.0 Å². The van der Waals surface area contributed by atoms with Gasteiger partial charge in [0.05, 0.1) is 17.3 Å². The summed E-state index contributed by atoms with van der Waals surface area (Å²) in [5, 5.41) is 13.1. The largest absolute Gasteiger partial charge is 0.215 e. The van der Waals surface area contributed by atoms with Gasteiger partial charge in [0.1, 0.15) is 6.33 Å². The number of hydrogen-bond acceptors (Lipinski definition) is 3. The van der Waals surface area contributed by atoms with E-state index in [1.165, 1.54) is 6.33 Å². The molecule has 0 bridgehead atoms. The van der Waals surface area contributed by atoms with Crippen molar-refractivity contribution in [1.29, 1.82) is 5.26 Å². The van der Waals surface area contributed by atoms with E-state index in [4.69, 9.17) is 5.26 Å². The van der Waals surface area contributed by atoms with E-state index in [1.807, 2.05) is 36.4 Å². The summed E-state index contributed by atoms with van der Waals surface area (Å²) >= 11 is 0. The molecule has 0 fully saturated rings. The zero-order chi connectivity index (χ0) is 11.7. The minimum atomic E-state index is 0.639. The highest BCUT2D eigenvalue weighted by atomic mass is 15.3. The van der Waals surface area contributed by atoms with Gasteiger partial charge in [0.15, 0.2) is 5.65 Å². The molecule has 4 heteroatoms. The third-order valence-electron chi connectivity index (χ3n) is 2.59. The van der Waals surface area contributed by atoms with Crippen molar-refractivity contribution in [2.24, 2.45) is 0 Å². The Balaban J connectivity index is 2.27. The number of rotatable bonds is 1. The number of benzene rings is 1. The fraction of sp³-hybridized carbons (Fsp3) is 0. The molecule has 0 N–H and O–H groups in total. The predicted octanol–water partition coefficient (Wildman–Crippen LogP) is 2.27. The molecule has 0 spiro atoms. The van der Waals surface area contributed by atoms with Crippen LogP contribution in [0, 0.1) is 11.3 Å². The SMILES string of the molecule is N#Cc1cccc(-c2cccc3ncnn23)c1. The Morgan fingerprint density at radius 1 is 1.12 bits per heavy atom.